The summed E-state index contributed by atoms with van der Waals surface area (Å²) < 4.78 is 17.5. The summed E-state index contributed by atoms with van der Waals surface area (Å²) in [5.74, 6) is 3.27. The first kappa shape index (κ1) is 12.1. The Labute approximate surface area is 134 Å². The maximum Gasteiger partial charge on any atom is 0.178 e. The largest absolute Gasteiger partial charge is 0.331 e. The van der Waals surface area contributed by atoms with Crippen molar-refractivity contribution in [2.24, 2.45) is 23.7 Å². The molecule has 104 valence electrons. The van der Waals surface area contributed by atoms with Crippen molar-refractivity contribution in [3.8, 4) is 0 Å². The van der Waals surface area contributed by atoms with Gasteiger partial charge in [-0.3, -0.25) is 0 Å². The number of hydrogen-bond acceptors (Lipinski definition) is 1. The van der Waals surface area contributed by atoms with Crippen molar-refractivity contribution < 1.29 is 4.39 Å². The Kier molecular flexibility index (Phi) is 2.34. The number of aromatic amines is 1. The fraction of sp³-hybridized carbons (Fsp3) is 0.533. The average Bonchev–Trinajstić information content (AvgIpc) is 2.73. The molecule has 3 aliphatic rings. The summed E-state index contributed by atoms with van der Waals surface area (Å²) in [7, 11) is 0. The van der Waals surface area contributed by atoms with Gasteiger partial charge >= 0.3 is 0 Å². The highest BCUT2D eigenvalue weighted by Gasteiger charge is 2.66. The molecule has 3 saturated carbocycles. The molecule has 5 heteroatoms. The van der Waals surface area contributed by atoms with Crippen LogP contribution in [0.1, 0.15) is 25.3 Å². The van der Waals surface area contributed by atoms with Crippen LogP contribution in [0.15, 0.2) is 12.1 Å². The normalized spacial score (nSPS) is 37.6. The number of hydrogen-bond donors (Lipinski definition) is 1. The van der Waals surface area contributed by atoms with Crippen molar-refractivity contribution in [2.45, 2.75) is 25.3 Å². The molecular weight excluding hydrogens is 386 g/mol. The van der Waals surface area contributed by atoms with Crippen molar-refractivity contribution in [3.05, 3.63) is 26.3 Å². The molecule has 20 heavy (non-hydrogen) atoms. The van der Waals surface area contributed by atoms with Crippen molar-refractivity contribution in [1.82, 2.24) is 9.55 Å². The second kappa shape index (κ2) is 3.85. The van der Waals surface area contributed by atoms with Crippen LogP contribution in [-0.4, -0.2) is 9.55 Å². The number of rotatable bonds is 1. The molecule has 1 heterocycles. The molecule has 0 aliphatic heterocycles. The highest BCUT2D eigenvalue weighted by molar-refractivity contribution is 14.1. The van der Waals surface area contributed by atoms with Crippen LogP contribution in [0.25, 0.3) is 11.0 Å². The van der Waals surface area contributed by atoms with Gasteiger partial charge in [-0.1, -0.05) is 0 Å². The Hall–Kier alpha value is -0.430. The second-order valence-electron chi connectivity index (χ2n) is 6.56. The summed E-state index contributed by atoms with van der Waals surface area (Å²) in [6.07, 6.45) is 4.21. The van der Waals surface area contributed by atoms with Gasteiger partial charge in [0, 0.05) is 12.1 Å². The molecule has 3 aliphatic carbocycles. The molecule has 5 rings (SSSR count). The zero-order valence-electron chi connectivity index (χ0n) is 10.8. The van der Waals surface area contributed by atoms with E-state index in [1.807, 2.05) is 28.7 Å². The van der Waals surface area contributed by atoms with Gasteiger partial charge in [0.05, 0.1) is 14.6 Å². The van der Waals surface area contributed by atoms with Gasteiger partial charge in [0.1, 0.15) is 5.82 Å². The fourth-order valence-electron chi connectivity index (χ4n) is 5.04. The number of H-pyrrole nitrogens is 1. The number of fused-ring (bicyclic) bond motifs is 6. The van der Waals surface area contributed by atoms with E-state index in [1.54, 1.807) is 6.07 Å². The first-order valence-electron chi connectivity index (χ1n) is 7.24. The Morgan fingerprint density at radius 2 is 1.95 bits per heavy atom. The molecule has 1 aromatic heterocycles. The molecule has 2 aromatic rings. The van der Waals surface area contributed by atoms with E-state index in [9.17, 15) is 4.39 Å². The minimum Gasteiger partial charge on any atom is -0.331 e. The molecule has 3 fully saturated rings. The van der Waals surface area contributed by atoms with Gasteiger partial charge in [-0.25, -0.2) is 4.39 Å². The Bertz CT molecular complexity index is 779. The number of nitrogens with one attached hydrogen (secondary N) is 1. The second-order valence-corrected chi connectivity index (χ2v) is 8.11. The lowest BCUT2D eigenvalue weighted by Gasteiger charge is -2.11. The smallest absolute Gasteiger partial charge is 0.178 e. The third kappa shape index (κ3) is 1.41. The highest BCUT2D eigenvalue weighted by Crippen LogP contribution is 2.71. The van der Waals surface area contributed by atoms with E-state index < -0.39 is 0 Å². The quantitative estimate of drug-likeness (QED) is 0.546. The highest BCUT2D eigenvalue weighted by atomic mass is 127. The van der Waals surface area contributed by atoms with Crippen molar-refractivity contribution in [1.29, 1.82) is 0 Å². The topological polar surface area (TPSA) is 20.7 Å². The van der Waals surface area contributed by atoms with Crippen LogP contribution in [0.5, 0.6) is 0 Å². The van der Waals surface area contributed by atoms with Crippen LogP contribution in [0.3, 0.4) is 0 Å². The van der Waals surface area contributed by atoms with Crippen LogP contribution in [0, 0.1) is 37.8 Å². The molecule has 0 saturated heterocycles. The van der Waals surface area contributed by atoms with Gasteiger partial charge in [0.25, 0.3) is 0 Å². The summed E-state index contributed by atoms with van der Waals surface area (Å²) in [4.78, 5) is 3.26. The first-order valence-corrected chi connectivity index (χ1v) is 8.73. The van der Waals surface area contributed by atoms with E-state index in [0.29, 0.717) is 9.61 Å². The van der Waals surface area contributed by atoms with Gasteiger partial charge < -0.3 is 9.55 Å². The van der Waals surface area contributed by atoms with E-state index in [0.717, 1.165) is 39.5 Å². The van der Waals surface area contributed by atoms with Gasteiger partial charge in [-0.2, -0.15) is 0 Å². The Morgan fingerprint density at radius 3 is 2.65 bits per heavy atom. The Morgan fingerprint density at radius 1 is 1.25 bits per heavy atom. The molecular formula is C15H14FIN2S. The van der Waals surface area contributed by atoms with E-state index in [-0.39, 0.29) is 5.82 Å². The number of aromatic nitrogens is 2. The number of benzene rings is 1. The number of nitrogens with zero attached hydrogens (tertiary/aromatic N) is 1. The van der Waals surface area contributed by atoms with E-state index in [1.165, 1.54) is 19.3 Å². The molecule has 4 unspecified atom stereocenters. The zero-order chi connectivity index (χ0) is 13.6. The van der Waals surface area contributed by atoms with Gasteiger partial charge in [-0.15, -0.1) is 0 Å². The first-order chi connectivity index (χ1) is 9.65. The molecule has 1 aromatic carbocycles. The Balaban J connectivity index is 1.69. The zero-order valence-corrected chi connectivity index (χ0v) is 13.7. The van der Waals surface area contributed by atoms with Crippen LogP contribution in [0.4, 0.5) is 4.39 Å². The number of imidazole rings is 1. The van der Waals surface area contributed by atoms with Crippen molar-refractivity contribution in [2.75, 3.05) is 0 Å². The van der Waals surface area contributed by atoms with Gasteiger partial charge in [0.2, 0.25) is 0 Å². The van der Waals surface area contributed by atoms with E-state index in [2.05, 4.69) is 9.55 Å². The standard InChI is InChI=1S/C15H14FIN2S/c16-8-4-11-10(5-9(8)17)18-15(20)19(11)14-12-6-1-2-7(3-6)13(12)14/h4-7,12-14H,1-3H2,(H,18,20). The van der Waals surface area contributed by atoms with E-state index in [4.69, 9.17) is 12.2 Å². The lowest BCUT2D eigenvalue weighted by Crippen LogP contribution is -2.05. The molecule has 2 bridgehead atoms. The molecule has 2 nitrogen and oxygen atoms in total. The monoisotopic (exact) mass is 400 g/mol. The maximum absolute atomic E-state index is 13.9. The number of halogens is 2. The predicted molar refractivity (Wildman–Crippen MR) is 86.6 cm³/mol. The average molecular weight is 400 g/mol. The van der Waals surface area contributed by atoms with Crippen LogP contribution in [0.2, 0.25) is 0 Å². The summed E-state index contributed by atoms with van der Waals surface area (Å²) in [6.45, 7) is 0. The maximum atomic E-state index is 13.9. The summed E-state index contributed by atoms with van der Waals surface area (Å²) in [6, 6.07) is 4.05. The van der Waals surface area contributed by atoms with Crippen molar-refractivity contribution in [3.63, 3.8) is 0 Å². The SMILES string of the molecule is Fc1cc2c(cc1I)[nH]c(=S)n2C1C2C3CCC(C3)C21. The summed E-state index contributed by atoms with van der Waals surface area (Å²) in [5, 5.41) is 0. The molecule has 1 N–H and O–H groups in total. The van der Waals surface area contributed by atoms with Crippen LogP contribution >= 0.6 is 34.8 Å². The molecule has 0 radical (unpaired) electrons. The summed E-state index contributed by atoms with van der Waals surface area (Å²) in [5.41, 5.74) is 1.92. The molecule has 0 spiro atoms. The van der Waals surface area contributed by atoms with Crippen molar-refractivity contribution >= 4 is 45.8 Å². The predicted octanol–water partition coefficient (Wildman–Crippen LogP) is 4.66. The summed E-state index contributed by atoms with van der Waals surface area (Å²) >= 11 is 7.55. The van der Waals surface area contributed by atoms with E-state index >= 15 is 0 Å². The van der Waals surface area contributed by atoms with Gasteiger partial charge in [-0.05, 0) is 83.8 Å². The lowest BCUT2D eigenvalue weighted by atomic mass is 10.0. The third-order valence-corrected chi connectivity index (χ3v) is 6.88. The van der Waals surface area contributed by atoms with Crippen LogP contribution in [-0.2, 0) is 0 Å². The van der Waals surface area contributed by atoms with Gasteiger partial charge in [0.15, 0.2) is 4.77 Å². The molecule has 0 amide bonds. The minimum absolute atomic E-state index is 0.144. The molecule has 4 atom stereocenters. The fourth-order valence-corrected chi connectivity index (χ4v) is 5.84. The minimum atomic E-state index is -0.144. The third-order valence-electron chi connectivity index (χ3n) is 5.75. The lowest BCUT2D eigenvalue weighted by molar-refractivity contribution is 0.456. The van der Waals surface area contributed by atoms with Crippen LogP contribution < -0.4 is 0 Å².